The minimum atomic E-state index is -0.0550. The van der Waals surface area contributed by atoms with Crippen LogP contribution in [0.1, 0.15) is 46.5 Å². The van der Waals surface area contributed by atoms with Crippen LogP contribution in [0, 0.1) is 5.41 Å². The van der Waals surface area contributed by atoms with E-state index in [0.29, 0.717) is 5.41 Å². The van der Waals surface area contributed by atoms with Crippen molar-refractivity contribution >= 4 is 5.91 Å². The van der Waals surface area contributed by atoms with E-state index in [-0.39, 0.29) is 11.9 Å². The Morgan fingerprint density at radius 1 is 1.40 bits per heavy atom. The Morgan fingerprint density at radius 3 is 2.53 bits per heavy atom. The molecular formula is C12H24N2O. The summed E-state index contributed by atoms with van der Waals surface area (Å²) < 4.78 is 0. The molecule has 88 valence electrons. The highest BCUT2D eigenvalue weighted by atomic mass is 16.2. The Kier molecular flexibility index (Phi) is 4.58. The van der Waals surface area contributed by atoms with Crippen LogP contribution in [0.4, 0.5) is 0 Å². The van der Waals surface area contributed by atoms with Crippen LogP contribution in [0.3, 0.4) is 0 Å². The van der Waals surface area contributed by atoms with Gasteiger partial charge in [0.2, 0.25) is 5.91 Å². The molecule has 0 saturated heterocycles. The molecule has 0 aromatic carbocycles. The van der Waals surface area contributed by atoms with Crippen molar-refractivity contribution in [1.29, 1.82) is 0 Å². The van der Waals surface area contributed by atoms with Gasteiger partial charge in [0.05, 0.1) is 6.04 Å². The SMILES string of the molecule is CCCNC(=O)C(C)NCC1(CC)CC1. The fourth-order valence-electron chi connectivity index (χ4n) is 1.70. The van der Waals surface area contributed by atoms with E-state index in [0.717, 1.165) is 19.5 Å². The van der Waals surface area contributed by atoms with Gasteiger partial charge in [-0.25, -0.2) is 0 Å². The second-order valence-electron chi connectivity index (χ2n) is 4.75. The summed E-state index contributed by atoms with van der Waals surface area (Å²) in [5, 5.41) is 6.24. The molecule has 2 N–H and O–H groups in total. The van der Waals surface area contributed by atoms with E-state index in [4.69, 9.17) is 0 Å². The molecule has 0 aromatic rings. The Hall–Kier alpha value is -0.570. The van der Waals surface area contributed by atoms with Crippen LogP contribution < -0.4 is 10.6 Å². The molecule has 0 aromatic heterocycles. The molecule has 0 radical (unpaired) electrons. The van der Waals surface area contributed by atoms with Gasteiger partial charge >= 0.3 is 0 Å². The van der Waals surface area contributed by atoms with Crippen molar-refractivity contribution in [2.75, 3.05) is 13.1 Å². The zero-order chi connectivity index (χ0) is 11.3. The molecule has 3 nitrogen and oxygen atoms in total. The summed E-state index contributed by atoms with van der Waals surface area (Å²) in [6.45, 7) is 8.01. The summed E-state index contributed by atoms with van der Waals surface area (Å²) in [5.41, 5.74) is 0.513. The van der Waals surface area contributed by atoms with E-state index in [9.17, 15) is 4.79 Å². The van der Waals surface area contributed by atoms with Gasteiger partial charge < -0.3 is 10.6 Å². The zero-order valence-corrected chi connectivity index (χ0v) is 10.2. The molecule has 0 aliphatic heterocycles. The Labute approximate surface area is 93.0 Å². The topological polar surface area (TPSA) is 41.1 Å². The zero-order valence-electron chi connectivity index (χ0n) is 10.2. The predicted octanol–water partition coefficient (Wildman–Crippen LogP) is 1.68. The number of hydrogen-bond donors (Lipinski definition) is 2. The van der Waals surface area contributed by atoms with Crippen LogP contribution in [-0.4, -0.2) is 25.0 Å². The van der Waals surface area contributed by atoms with Gasteiger partial charge in [0, 0.05) is 13.1 Å². The van der Waals surface area contributed by atoms with E-state index in [1.165, 1.54) is 19.3 Å². The first-order chi connectivity index (χ1) is 7.13. The maximum absolute atomic E-state index is 11.6. The molecule has 1 saturated carbocycles. The normalized spacial score (nSPS) is 19.7. The monoisotopic (exact) mass is 212 g/mol. The van der Waals surface area contributed by atoms with Gasteiger partial charge in [0.1, 0.15) is 0 Å². The van der Waals surface area contributed by atoms with Gasteiger partial charge in [-0.15, -0.1) is 0 Å². The van der Waals surface area contributed by atoms with Crippen LogP contribution in [0.5, 0.6) is 0 Å². The summed E-state index contributed by atoms with van der Waals surface area (Å²) in [4.78, 5) is 11.6. The smallest absolute Gasteiger partial charge is 0.236 e. The molecule has 15 heavy (non-hydrogen) atoms. The van der Waals surface area contributed by atoms with Crippen molar-refractivity contribution in [3.05, 3.63) is 0 Å². The Bertz CT molecular complexity index is 212. The molecule has 1 fully saturated rings. The van der Waals surface area contributed by atoms with Crippen molar-refractivity contribution in [2.45, 2.75) is 52.5 Å². The van der Waals surface area contributed by atoms with Crippen LogP contribution in [0.25, 0.3) is 0 Å². The number of nitrogens with one attached hydrogen (secondary N) is 2. The highest BCUT2D eigenvalue weighted by molar-refractivity contribution is 5.81. The third-order valence-corrected chi connectivity index (χ3v) is 3.43. The lowest BCUT2D eigenvalue weighted by molar-refractivity contribution is -0.122. The largest absolute Gasteiger partial charge is 0.355 e. The van der Waals surface area contributed by atoms with Gasteiger partial charge in [0.25, 0.3) is 0 Å². The van der Waals surface area contributed by atoms with Crippen molar-refractivity contribution in [3.8, 4) is 0 Å². The van der Waals surface area contributed by atoms with E-state index >= 15 is 0 Å². The molecular weight excluding hydrogens is 188 g/mol. The third kappa shape index (κ3) is 3.82. The lowest BCUT2D eigenvalue weighted by atomic mass is 10.0. The third-order valence-electron chi connectivity index (χ3n) is 3.43. The van der Waals surface area contributed by atoms with E-state index in [1.54, 1.807) is 0 Å². The summed E-state index contributed by atoms with van der Waals surface area (Å²) in [6, 6.07) is -0.0550. The van der Waals surface area contributed by atoms with Gasteiger partial charge in [-0.3, -0.25) is 4.79 Å². The standard InChI is InChI=1S/C12H24N2O/c1-4-8-13-11(15)10(3)14-9-12(5-2)6-7-12/h10,14H,4-9H2,1-3H3,(H,13,15). The van der Waals surface area contributed by atoms with Crippen LogP contribution in [0.15, 0.2) is 0 Å². The van der Waals surface area contributed by atoms with Crippen molar-refractivity contribution < 1.29 is 4.79 Å². The summed E-state index contributed by atoms with van der Waals surface area (Å²) >= 11 is 0. The first kappa shape index (κ1) is 12.5. The molecule has 0 spiro atoms. The van der Waals surface area contributed by atoms with Gasteiger partial charge in [0.15, 0.2) is 0 Å². The van der Waals surface area contributed by atoms with Crippen molar-refractivity contribution in [3.63, 3.8) is 0 Å². The lowest BCUT2D eigenvalue weighted by Gasteiger charge is -2.18. The first-order valence-electron chi connectivity index (χ1n) is 6.14. The number of carbonyl (C=O) groups excluding carboxylic acids is 1. The number of rotatable bonds is 7. The van der Waals surface area contributed by atoms with Gasteiger partial charge in [-0.2, -0.15) is 0 Å². The maximum Gasteiger partial charge on any atom is 0.236 e. The average Bonchev–Trinajstić information content (AvgIpc) is 3.03. The molecule has 1 aliphatic carbocycles. The fourth-order valence-corrected chi connectivity index (χ4v) is 1.70. The molecule has 0 heterocycles. The van der Waals surface area contributed by atoms with Gasteiger partial charge in [-0.05, 0) is 38.0 Å². The second kappa shape index (κ2) is 5.50. The maximum atomic E-state index is 11.6. The quantitative estimate of drug-likeness (QED) is 0.674. The average molecular weight is 212 g/mol. The number of carbonyl (C=O) groups is 1. The molecule has 1 unspecified atom stereocenters. The first-order valence-corrected chi connectivity index (χ1v) is 6.14. The predicted molar refractivity (Wildman–Crippen MR) is 62.7 cm³/mol. The highest BCUT2D eigenvalue weighted by Gasteiger charge is 2.40. The molecule has 3 heteroatoms. The second-order valence-corrected chi connectivity index (χ2v) is 4.75. The summed E-state index contributed by atoms with van der Waals surface area (Å²) in [7, 11) is 0. The van der Waals surface area contributed by atoms with E-state index in [2.05, 4.69) is 24.5 Å². The molecule has 1 rings (SSSR count). The van der Waals surface area contributed by atoms with Crippen LogP contribution in [0.2, 0.25) is 0 Å². The van der Waals surface area contributed by atoms with E-state index in [1.807, 2.05) is 6.92 Å². The van der Waals surface area contributed by atoms with E-state index < -0.39 is 0 Å². The highest BCUT2D eigenvalue weighted by Crippen LogP contribution is 2.47. The molecule has 1 atom stereocenters. The minimum absolute atomic E-state index is 0.0550. The number of hydrogen-bond acceptors (Lipinski definition) is 2. The van der Waals surface area contributed by atoms with Crippen LogP contribution >= 0.6 is 0 Å². The minimum Gasteiger partial charge on any atom is -0.355 e. The van der Waals surface area contributed by atoms with Crippen molar-refractivity contribution in [1.82, 2.24) is 10.6 Å². The molecule has 1 amide bonds. The van der Waals surface area contributed by atoms with Gasteiger partial charge in [-0.1, -0.05) is 13.8 Å². The molecule has 0 bridgehead atoms. The lowest BCUT2D eigenvalue weighted by Crippen LogP contribution is -2.44. The Morgan fingerprint density at radius 2 is 2.07 bits per heavy atom. The Balaban J connectivity index is 2.17. The van der Waals surface area contributed by atoms with Crippen LogP contribution in [-0.2, 0) is 4.79 Å². The number of amides is 1. The molecule has 1 aliphatic rings. The van der Waals surface area contributed by atoms with Crippen molar-refractivity contribution in [2.24, 2.45) is 5.41 Å². The fraction of sp³-hybridized carbons (Fsp3) is 0.917. The summed E-state index contributed by atoms with van der Waals surface area (Å²) in [5.74, 6) is 0.128. The summed E-state index contributed by atoms with van der Waals surface area (Å²) in [6.07, 6.45) is 4.86.